The van der Waals surface area contributed by atoms with Crippen molar-refractivity contribution >= 4 is 15.7 Å². The van der Waals surface area contributed by atoms with Crippen molar-refractivity contribution in [3.63, 3.8) is 0 Å². The van der Waals surface area contributed by atoms with Crippen molar-refractivity contribution in [3.8, 4) is 0 Å². The fourth-order valence-corrected chi connectivity index (χ4v) is 3.23. The second kappa shape index (κ2) is 5.26. The van der Waals surface area contributed by atoms with Gasteiger partial charge in [-0.05, 0) is 19.9 Å². The number of rotatable bonds is 4. The Morgan fingerprint density at radius 3 is 2.60 bits per heavy atom. The average molecular weight is 299 g/mol. The first-order valence-electron chi connectivity index (χ1n) is 5.83. The van der Waals surface area contributed by atoms with Gasteiger partial charge in [0, 0.05) is 11.6 Å². The molecular weight excluding hydrogens is 285 g/mol. The molecule has 0 saturated carbocycles. The van der Waals surface area contributed by atoms with E-state index in [0.29, 0.717) is 5.76 Å². The highest BCUT2D eigenvalue weighted by Crippen LogP contribution is 2.26. The predicted octanol–water partition coefficient (Wildman–Crippen LogP) is 2.33. The Kier molecular flexibility index (Phi) is 3.82. The van der Waals surface area contributed by atoms with Crippen LogP contribution in [-0.2, 0) is 16.6 Å². The molecule has 2 aromatic rings. The Bertz CT molecular complexity index is 737. The highest BCUT2D eigenvalue weighted by atomic mass is 32.2. The van der Waals surface area contributed by atoms with Gasteiger partial charge in [-0.2, -0.15) is 0 Å². The van der Waals surface area contributed by atoms with Crippen molar-refractivity contribution in [2.24, 2.45) is 0 Å². The summed E-state index contributed by atoms with van der Waals surface area (Å²) in [6.45, 7) is 2.66. The minimum absolute atomic E-state index is 0.0536. The zero-order valence-corrected chi connectivity index (χ0v) is 11.8. The highest BCUT2D eigenvalue weighted by Gasteiger charge is 2.23. The standard InChI is InChI=1S/C13H14FNO4S/c1-8-6-12(9(2)19-8)20(17,18)15-13-10(7-16)4-3-5-11(13)14/h3-6,15-16H,7H2,1-2H3. The van der Waals surface area contributed by atoms with Crippen molar-refractivity contribution < 1.29 is 22.3 Å². The highest BCUT2D eigenvalue weighted by molar-refractivity contribution is 7.92. The summed E-state index contributed by atoms with van der Waals surface area (Å²) in [4.78, 5) is -0.0536. The number of furan rings is 1. The first-order chi connectivity index (χ1) is 9.35. The number of benzene rings is 1. The quantitative estimate of drug-likeness (QED) is 0.908. The van der Waals surface area contributed by atoms with E-state index in [2.05, 4.69) is 4.72 Å². The number of halogens is 1. The number of anilines is 1. The summed E-state index contributed by atoms with van der Waals surface area (Å²) in [5, 5.41) is 9.15. The maximum atomic E-state index is 13.7. The van der Waals surface area contributed by atoms with Crippen molar-refractivity contribution in [3.05, 3.63) is 47.2 Å². The molecular formula is C13H14FNO4S. The van der Waals surface area contributed by atoms with Gasteiger partial charge in [0.1, 0.15) is 22.2 Å². The molecule has 0 aliphatic carbocycles. The fraction of sp³-hybridized carbons (Fsp3) is 0.231. The van der Waals surface area contributed by atoms with Crippen LogP contribution in [-0.4, -0.2) is 13.5 Å². The van der Waals surface area contributed by atoms with Crippen LogP contribution in [0.1, 0.15) is 17.1 Å². The van der Waals surface area contributed by atoms with Crippen LogP contribution in [0.15, 0.2) is 33.6 Å². The van der Waals surface area contributed by atoms with E-state index in [0.717, 1.165) is 6.07 Å². The molecule has 0 aliphatic rings. The van der Waals surface area contributed by atoms with Crippen LogP contribution in [0.3, 0.4) is 0 Å². The molecule has 2 rings (SSSR count). The zero-order chi connectivity index (χ0) is 14.9. The molecule has 0 unspecified atom stereocenters. The number of hydrogen-bond acceptors (Lipinski definition) is 4. The van der Waals surface area contributed by atoms with Crippen LogP contribution in [0, 0.1) is 19.7 Å². The predicted molar refractivity (Wildman–Crippen MR) is 71.3 cm³/mol. The van der Waals surface area contributed by atoms with Gasteiger partial charge < -0.3 is 9.52 Å². The van der Waals surface area contributed by atoms with Crippen LogP contribution in [0.5, 0.6) is 0 Å². The van der Waals surface area contributed by atoms with E-state index in [-0.39, 0.29) is 21.9 Å². The third-order valence-electron chi connectivity index (χ3n) is 2.79. The van der Waals surface area contributed by atoms with Gasteiger partial charge in [-0.3, -0.25) is 4.72 Å². The Labute approximate surface area is 116 Å². The SMILES string of the molecule is Cc1cc(S(=O)(=O)Nc2c(F)cccc2CO)c(C)o1. The van der Waals surface area contributed by atoms with E-state index in [1.54, 1.807) is 6.92 Å². The van der Waals surface area contributed by atoms with Crippen LogP contribution in [0.2, 0.25) is 0 Å². The molecule has 0 atom stereocenters. The van der Waals surface area contributed by atoms with Crippen molar-refractivity contribution in [1.82, 2.24) is 0 Å². The van der Waals surface area contributed by atoms with Gasteiger partial charge >= 0.3 is 0 Å². The monoisotopic (exact) mass is 299 g/mol. The molecule has 1 aromatic carbocycles. The molecule has 0 spiro atoms. The first-order valence-corrected chi connectivity index (χ1v) is 7.31. The maximum absolute atomic E-state index is 13.7. The summed E-state index contributed by atoms with van der Waals surface area (Å²) in [6, 6.07) is 5.31. The Morgan fingerprint density at radius 2 is 2.05 bits per heavy atom. The largest absolute Gasteiger partial charge is 0.465 e. The van der Waals surface area contributed by atoms with Crippen molar-refractivity contribution in [2.75, 3.05) is 4.72 Å². The minimum atomic E-state index is -3.97. The van der Waals surface area contributed by atoms with Gasteiger partial charge in [0.15, 0.2) is 0 Å². The zero-order valence-electron chi connectivity index (χ0n) is 11.0. The smallest absolute Gasteiger partial charge is 0.265 e. The van der Waals surface area contributed by atoms with Crippen molar-refractivity contribution in [1.29, 1.82) is 0 Å². The number of hydrogen-bond donors (Lipinski definition) is 2. The number of aliphatic hydroxyl groups is 1. The summed E-state index contributed by atoms with van der Waals surface area (Å²) in [7, 11) is -3.97. The second-order valence-corrected chi connectivity index (χ2v) is 5.97. The average Bonchev–Trinajstić information content (AvgIpc) is 2.72. The summed E-state index contributed by atoms with van der Waals surface area (Å²) < 4.78 is 45.5. The Morgan fingerprint density at radius 1 is 1.35 bits per heavy atom. The molecule has 0 amide bonds. The fourth-order valence-electron chi connectivity index (χ4n) is 1.88. The molecule has 20 heavy (non-hydrogen) atoms. The molecule has 1 heterocycles. The van der Waals surface area contributed by atoms with Gasteiger partial charge in [0.25, 0.3) is 10.0 Å². The van der Waals surface area contributed by atoms with Crippen LogP contribution in [0.25, 0.3) is 0 Å². The second-order valence-electron chi connectivity index (χ2n) is 4.32. The third-order valence-corrected chi connectivity index (χ3v) is 4.25. The molecule has 1 aromatic heterocycles. The molecule has 0 radical (unpaired) electrons. The van der Waals surface area contributed by atoms with E-state index in [1.807, 2.05) is 0 Å². The summed E-state index contributed by atoms with van der Waals surface area (Å²) >= 11 is 0. The van der Waals surface area contributed by atoms with E-state index in [4.69, 9.17) is 9.52 Å². The van der Waals surface area contributed by atoms with Gasteiger partial charge in [0.05, 0.1) is 12.3 Å². The van der Waals surface area contributed by atoms with Crippen LogP contribution < -0.4 is 4.72 Å². The number of nitrogens with one attached hydrogen (secondary N) is 1. The minimum Gasteiger partial charge on any atom is -0.465 e. The van der Waals surface area contributed by atoms with Gasteiger partial charge in [-0.25, -0.2) is 12.8 Å². The lowest BCUT2D eigenvalue weighted by molar-refractivity contribution is 0.282. The Balaban J connectivity index is 2.46. The molecule has 0 aliphatic heterocycles. The summed E-state index contributed by atoms with van der Waals surface area (Å²) in [5.41, 5.74) is -0.0975. The van der Waals surface area contributed by atoms with Gasteiger partial charge in [-0.1, -0.05) is 12.1 Å². The third kappa shape index (κ3) is 2.68. The molecule has 108 valence electrons. The van der Waals surface area contributed by atoms with Gasteiger partial charge in [0.2, 0.25) is 0 Å². The number of aryl methyl sites for hydroxylation is 2. The van der Waals surface area contributed by atoms with E-state index in [1.165, 1.54) is 25.1 Å². The lowest BCUT2D eigenvalue weighted by atomic mass is 10.2. The molecule has 2 N–H and O–H groups in total. The van der Waals surface area contributed by atoms with E-state index >= 15 is 0 Å². The molecule has 0 fully saturated rings. The lowest BCUT2D eigenvalue weighted by Gasteiger charge is -2.11. The first kappa shape index (κ1) is 14.5. The van der Waals surface area contributed by atoms with Crippen LogP contribution >= 0.6 is 0 Å². The normalized spacial score (nSPS) is 11.6. The molecule has 0 saturated heterocycles. The Hall–Kier alpha value is -1.86. The molecule has 7 heteroatoms. The number of aliphatic hydroxyl groups excluding tert-OH is 1. The summed E-state index contributed by atoms with van der Waals surface area (Å²) in [6.07, 6.45) is 0. The molecule has 5 nitrogen and oxygen atoms in total. The number of sulfonamides is 1. The van der Waals surface area contributed by atoms with E-state index in [9.17, 15) is 12.8 Å². The van der Waals surface area contributed by atoms with Gasteiger partial charge in [-0.15, -0.1) is 0 Å². The number of para-hydroxylation sites is 1. The van der Waals surface area contributed by atoms with E-state index < -0.39 is 22.4 Å². The van der Waals surface area contributed by atoms with Crippen LogP contribution in [0.4, 0.5) is 10.1 Å². The topological polar surface area (TPSA) is 79.5 Å². The van der Waals surface area contributed by atoms with Crippen molar-refractivity contribution in [2.45, 2.75) is 25.3 Å². The maximum Gasteiger partial charge on any atom is 0.265 e. The summed E-state index contributed by atoms with van der Waals surface area (Å²) in [5.74, 6) is -0.0892. The molecule has 0 bridgehead atoms. The lowest BCUT2D eigenvalue weighted by Crippen LogP contribution is -2.15.